The van der Waals surface area contributed by atoms with Gasteiger partial charge in [0.05, 0.1) is 24.7 Å². The minimum absolute atomic E-state index is 0.0817. The zero-order chi connectivity index (χ0) is 14.6. The number of likely N-dealkylation sites (N-methyl/N-ethyl adjacent to an activating group) is 1. The van der Waals surface area contributed by atoms with Crippen LogP contribution < -0.4 is 5.73 Å². The molecule has 1 fully saturated rings. The van der Waals surface area contributed by atoms with Gasteiger partial charge in [0.1, 0.15) is 5.92 Å². The second kappa shape index (κ2) is 6.34. The smallest absolute Gasteiger partial charge is 0.311 e. The summed E-state index contributed by atoms with van der Waals surface area (Å²) in [5.41, 5.74) is 5.17. The van der Waals surface area contributed by atoms with Crippen molar-refractivity contribution in [1.29, 1.82) is 0 Å². The van der Waals surface area contributed by atoms with Gasteiger partial charge in [-0.05, 0) is 12.8 Å². The predicted molar refractivity (Wildman–Crippen MR) is 70.6 cm³/mol. The zero-order valence-corrected chi connectivity index (χ0v) is 11.9. The van der Waals surface area contributed by atoms with Gasteiger partial charge in [-0.2, -0.15) is 0 Å². The lowest BCUT2D eigenvalue weighted by Gasteiger charge is -2.36. The van der Waals surface area contributed by atoms with Gasteiger partial charge in [-0.15, -0.1) is 0 Å². The maximum absolute atomic E-state index is 12.6. The minimum atomic E-state index is -0.923. The molecule has 1 rings (SSSR count). The maximum atomic E-state index is 12.6. The van der Waals surface area contributed by atoms with E-state index < -0.39 is 23.3 Å². The van der Waals surface area contributed by atoms with Gasteiger partial charge < -0.3 is 20.5 Å². The number of hydrogen-bond acceptors (Lipinski definition) is 4. The topological polar surface area (TPSA) is 92.9 Å². The summed E-state index contributed by atoms with van der Waals surface area (Å²) in [6.07, 6.45) is 1.29. The molecule has 6 nitrogen and oxygen atoms in total. The van der Waals surface area contributed by atoms with E-state index in [0.717, 1.165) is 0 Å². The summed E-state index contributed by atoms with van der Waals surface area (Å²) in [4.78, 5) is 25.3. The molecule has 0 aliphatic carbocycles. The van der Waals surface area contributed by atoms with Crippen LogP contribution in [0.25, 0.3) is 0 Å². The van der Waals surface area contributed by atoms with Crippen LogP contribution in [0, 0.1) is 11.3 Å². The Kier molecular flexibility index (Phi) is 5.31. The molecule has 110 valence electrons. The summed E-state index contributed by atoms with van der Waals surface area (Å²) in [6, 6.07) is -0.408. The number of nitrogens with zero attached hydrogens (tertiary/aromatic N) is 1. The van der Waals surface area contributed by atoms with E-state index in [4.69, 9.17) is 15.6 Å². The molecule has 3 N–H and O–H groups in total. The van der Waals surface area contributed by atoms with Crippen molar-refractivity contribution in [2.24, 2.45) is 17.1 Å². The molecule has 0 spiro atoms. The molecule has 6 heteroatoms. The fourth-order valence-electron chi connectivity index (χ4n) is 2.61. The SMILES string of the molecule is CCC(CC)(CN)C(=O)N(C)C1COCC1C(=O)O. The molecular formula is C13H24N2O4. The molecule has 2 unspecified atom stereocenters. The highest BCUT2D eigenvalue weighted by atomic mass is 16.5. The Balaban J connectivity index is 2.89. The molecule has 0 saturated carbocycles. The Bertz CT molecular complexity index is 333. The number of carboxylic acid groups (broad SMARTS) is 1. The first-order valence-electron chi connectivity index (χ1n) is 6.71. The maximum Gasteiger partial charge on any atom is 0.311 e. The largest absolute Gasteiger partial charge is 0.481 e. The van der Waals surface area contributed by atoms with E-state index in [1.807, 2.05) is 13.8 Å². The number of carbonyl (C=O) groups excluding carboxylic acids is 1. The predicted octanol–water partition coefficient (Wildman–Crippen LogP) is 0.310. The van der Waals surface area contributed by atoms with Gasteiger partial charge in [0.25, 0.3) is 0 Å². The fraction of sp³-hybridized carbons (Fsp3) is 0.846. The second-order valence-corrected chi connectivity index (χ2v) is 5.16. The Morgan fingerprint density at radius 2 is 1.95 bits per heavy atom. The summed E-state index contributed by atoms with van der Waals surface area (Å²) in [5, 5.41) is 9.15. The van der Waals surface area contributed by atoms with E-state index in [2.05, 4.69) is 0 Å². The zero-order valence-electron chi connectivity index (χ0n) is 11.9. The molecule has 0 aromatic rings. The van der Waals surface area contributed by atoms with Crippen LogP contribution in [0.3, 0.4) is 0 Å². The average Bonchev–Trinajstić information content (AvgIpc) is 2.89. The van der Waals surface area contributed by atoms with Crippen LogP contribution in [-0.2, 0) is 14.3 Å². The third kappa shape index (κ3) is 2.90. The van der Waals surface area contributed by atoms with Gasteiger partial charge in [-0.1, -0.05) is 13.8 Å². The molecule has 19 heavy (non-hydrogen) atoms. The van der Waals surface area contributed by atoms with Gasteiger partial charge >= 0.3 is 5.97 Å². The van der Waals surface area contributed by atoms with Crippen molar-refractivity contribution < 1.29 is 19.4 Å². The van der Waals surface area contributed by atoms with E-state index in [-0.39, 0.29) is 25.7 Å². The molecule has 0 bridgehead atoms. The lowest BCUT2D eigenvalue weighted by Crippen LogP contribution is -2.52. The quantitative estimate of drug-likeness (QED) is 0.726. The lowest BCUT2D eigenvalue weighted by atomic mass is 9.80. The van der Waals surface area contributed by atoms with Gasteiger partial charge in [-0.3, -0.25) is 9.59 Å². The van der Waals surface area contributed by atoms with Crippen LogP contribution in [0.5, 0.6) is 0 Å². The highest BCUT2D eigenvalue weighted by Gasteiger charge is 2.43. The first-order valence-corrected chi connectivity index (χ1v) is 6.71. The summed E-state index contributed by atoms with van der Waals surface area (Å²) in [6.45, 7) is 4.57. The minimum Gasteiger partial charge on any atom is -0.481 e. The summed E-state index contributed by atoms with van der Waals surface area (Å²) in [7, 11) is 1.65. The van der Waals surface area contributed by atoms with Gasteiger partial charge in [0.15, 0.2) is 0 Å². The first kappa shape index (κ1) is 15.9. The average molecular weight is 272 g/mol. The van der Waals surface area contributed by atoms with Gasteiger partial charge in [-0.25, -0.2) is 0 Å². The number of nitrogens with two attached hydrogens (primary N) is 1. The van der Waals surface area contributed by atoms with Crippen LogP contribution >= 0.6 is 0 Å². The highest BCUT2D eigenvalue weighted by molar-refractivity contribution is 5.84. The third-order valence-corrected chi connectivity index (χ3v) is 4.38. The summed E-state index contributed by atoms with van der Waals surface area (Å²) >= 11 is 0. The fourth-order valence-corrected chi connectivity index (χ4v) is 2.61. The van der Waals surface area contributed by atoms with Crippen molar-refractivity contribution in [2.45, 2.75) is 32.7 Å². The Hall–Kier alpha value is -1.14. The highest BCUT2D eigenvalue weighted by Crippen LogP contribution is 2.30. The second-order valence-electron chi connectivity index (χ2n) is 5.16. The van der Waals surface area contributed by atoms with Gasteiger partial charge in [0, 0.05) is 13.6 Å². The Morgan fingerprint density at radius 1 is 1.37 bits per heavy atom. The molecule has 1 heterocycles. The van der Waals surface area contributed by atoms with Crippen molar-refractivity contribution in [3.8, 4) is 0 Å². The molecule has 1 amide bonds. The van der Waals surface area contributed by atoms with Crippen LogP contribution in [0.15, 0.2) is 0 Å². The van der Waals surface area contributed by atoms with Crippen molar-refractivity contribution in [1.82, 2.24) is 4.90 Å². The molecule has 1 aliphatic rings. The van der Waals surface area contributed by atoms with E-state index in [1.165, 1.54) is 4.90 Å². The normalized spacial score (nSPS) is 23.4. The number of amides is 1. The van der Waals surface area contributed by atoms with Crippen molar-refractivity contribution in [2.75, 3.05) is 26.8 Å². The molecule has 1 saturated heterocycles. The lowest BCUT2D eigenvalue weighted by molar-refractivity contribution is -0.148. The standard InChI is InChI=1S/C13H24N2O4/c1-4-13(5-2,8-14)12(18)15(3)10-7-19-6-9(10)11(16)17/h9-10H,4-8,14H2,1-3H3,(H,16,17). The Labute approximate surface area is 113 Å². The van der Waals surface area contributed by atoms with Gasteiger partial charge in [0.2, 0.25) is 5.91 Å². The van der Waals surface area contributed by atoms with Crippen LogP contribution in [0.2, 0.25) is 0 Å². The molecule has 0 aromatic heterocycles. The summed E-state index contributed by atoms with van der Waals surface area (Å²) < 4.78 is 5.21. The number of aliphatic carboxylic acids is 1. The van der Waals surface area contributed by atoms with E-state index >= 15 is 0 Å². The number of rotatable bonds is 6. The van der Waals surface area contributed by atoms with E-state index in [9.17, 15) is 9.59 Å². The molecule has 0 radical (unpaired) electrons. The molecule has 0 aromatic carbocycles. The number of hydrogen-bond donors (Lipinski definition) is 2. The monoisotopic (exact) mass is 272 g/mol. The number of carboxylic acids is 1. The first-order chi connectivity index (χ1) is 8.93. The number of carbonyl (C=O) groups is 2. The van der Waals surface area contributed by atoms with Crippen LogP contribution in [-0.4, -0.2) is 54.7 Å². The van der Waals surface area contributed by atoms with E-state index in [0.29, 0.717) is 12.8 Å². The number of ether oxygens (including phenoxy) is 1. The van der Waals surface area contributed by atoms with Crippen molar-refractivity contribution >= 4 is 11.9 Å². The van der Waals surface area contributed by atoms with Crippen LogP contribution in [0.1, 0.15) is 26.7 Å². The summed E-state index contributed by atoms with van der Waals surface area (Å²) in [5.74, 6) is -1.66. The van der Waals surface area contributed by atoms with Crippen molar-refractivity contribution in [3.05, 3.63) is 0 Å². The molecule has 2 atom stereocenters. The van der Waals surface area contributed by atoms with E-state index in [1.54, 1.807) is 7.05 Å². The third-order valence-electron chi connectivity index (χ3n) is 4.38. The molecular weight excluding hydrogens is 248 g/mol. The van der Waals surface area contributed by atoms with Crippen LogP contribution in [0.4, 0.5) is 0 Å². The molecule has 1 aliphatic heterocycles. The van der Waals surface area contributed by atoms with Crippen molar-refractivity contribution in [3.63, 3.8) is 0 Å². The Morgan fingerprint density at radius 3 is 2.37 bits per heavy atom.